The minimum atomic E-state index is -0.504. The minimum Gasteiger partial charge on any atom is -0.459 e. The Labute approximate surface area is 123 Å². The van der Waals surface area contributed by atoms with Gasteiger partial charge in [-0.25, -0.2) is 4.98 Å². The molecule has 0 bridgehead atoms. The van der Waals surface area contributed by atoms with Gasteiger partial charge in [0.05, 0.1) is 24.5 Å². The van der Waals surface area contributed by atoms with Crippen molar-refractivity contribution in [1.29, 1.82) is 0 Å². The van der Waals surface area contributed by atoms with Crippen LogP contribution in [0.2, 0.25) is 0 Å². The van der Waals surface area contributed by atoms with Crippen molar-refractivity contribution in [3.8, 4) is 11.7 Å². The van der Waals surface area contributed by atoms with E-state index < -0.39 is 6.10 Å². The molecule has 0 aliphatic carbocycles. The van der Waals surface area contributed by atoms with Gasteiger partial charge in [-0.3, -0.25) is 4.79 Å². The van der Waals surface area contributed by atoms with Crippen molar-refractivity contribution in [3.05, 3.63) is 29.9 Å². The topological polar surface area (TPSA) is 88.5 Å². The van der Waals surface area contributed by atoms with Gasteiger partial charge >= 0.3 is 0 Å². The molecule has 6 nitrogen and oxygen atoms in total. The standard InChI is InChI=1S/C15H20N2O4/c1-3-5-11(18)9-16-14(19)8-12-10(2)21-15(17-12)13-6-4-7-20-13/h4,6-7,11,18H,3,5,8-9H2,1-2H3,(H,16,19). The van der Waals surface area contributed by atoms with Gasteiger partial charge in [0.1, 0.15) is 5.76 Å². The van der Waals surface area contributed by atoms with E-state index in [1.165, 1.54) is 6.26 Å². The SMILES string of the molecule is CCCC(O)CNC(=O)Cc1nc(-c2ccco2)oc1C. The molecule has 0 aliphatic rings. The third-order valence-electron chi connectivity index (χ3n) is 3.11. The second kappa shape index (κ2) is 7.08. The summed E-state index contributed by atoms with van der Waals surface area (Å²) in [7, 11) is 0. The highest BCUT2D eigenvalue weighted by molar-refractivity contribution is 5.78. The Kier molecular flexibility index (Phi) is 5.16. The van der Waals surface area contributed by atoms with Crippen LogP contribution in [0, 0.1) is 6.92 Å². The molecule has 2 N–H and O–H groups in total. The number of hydrogen-bond acceptors (Lipinski definition) is 5. The predicted octanol–water partition coefficient (Wildman–Crippen LogP) is 2.06. The van der Waals surface area contributed by atoms with Crippen molar-refractivity contribution in [1.82, 2.24) is 10.3 Å². The molecule has 21 heavy (non-hydrogen) atoms. The number of hydrogen-bond donors (Lipinski definition) is 2. The van der Waals surface area contributed by atoms with E-state index in [1.807, 2.05) is 6.92 Å². The van der Waals surface area contributed by atoms with Crippen LogP contribution in [0.25, 0.3) is 11.7 Å². The van der Waals surface area contributed by atoms with Crippen molar-refractivity contribution in [3.63, 3.8) is 0 Å². The summed E-state index contributed by atoms with van der Waals surface area (Å²) in [6, 6.07) is 3.49. The van der Waals surface area contributed by atoms with Crippen molar-refractivity contribution in [2.45, 2.75) is 39.2 Å². The number of carbonyl (C=O) groups excluding carboxylic acids is 1. The lowest BCUT2D eigenvalue weighted by molar-refractivity contribution is -0.121. The van der Waals surface area contributed by atoms with Crippen LogP contribution >= 0.6 is 0 Å². The van der Waals surface area contributed by atoms with E-state index in [4.69, 9.17) is 8.83 Å². The quantitative estimate of drug-likeness (QED) is 0.815. The molecule has 0 spiro atoms. The average Bonchev–Trinajstić information content (AvgIpc) is 3.07. The Morgan fingerprint density at radius 3 is 3.00 bits per heavy atom. The molecule has 2 heterocycles. The second-order valence-corrected chi connectivity index (χ2v) is 4.92. The zero-order valence-corrected chi connectivity index (χ0v) is 12.3. The number of amides is 1. The Hall–Kier alpha value is -2.08. The molecule has 114 valence electrons. The number of furan rings is 1. The number of aromatic nitrogens is 1. The summed E-state index contributed by atoms with van der Waals surface area (Å²) >= 11 is 0. The fourth-order valence-electron chi connectivity index (χ4n) is 1.98. The molecule has 1 unspecified atom stereocenters. The molecule has 1 amide bonds. The normalized spacial score (nSPS) is 12.3. The van der Waals surface area contributed by atoms with Crippen LogP contribution in [0.1, 0.15) is 31.2 Å². The lowest BCUT2D eigenvalue weighted by Crippen LogP contribution is -2.33. The van der Waals surface area contributed by atoms with Gasteiger partial charge in [-0.1, -0.05) is 13.3 Å². The molecule has 2 aromatic rings. The molecule has 1 atom stereocenters. The van der Waals surface area contributed by atoms with Crippen molar-refractivity contribution < 1.29 is 18.7 Å². The lowest BCUT2D eigenvalue weighted by Gasteiger charge is -2.10. The van der Waals surface area contributed by atoms with E-state index in [-0.39, 0.29) is 18.9 Å². The number of aliphatic hydroxyl groups excluding tert-OH is 1. The minimum absolute atomic E-state index is 0.120. The van der Waals surface area contributed by atoms with Crippen molar-refractivity contribution in [2.75, 3.05) is 6.54 Å². The number of nitrogens with zero attached hydrogens (tertiary/aromatic N) is 1. The van der Waals surface area contributed by atoms with E-state index in [0.717, 1.165) is 6.42 Å². The van der Waals surface area contributed by atoms with Crippen LogP contribution in [-0.2, 0) is 11.2 Å². The summed E-state index contributed by atoms with van der Waals surface area (Å²) in [6.45, 7) is 4.00. The van der Waals surface area contributed by atoms with Crippen LogP contribution in [-0.4, -0.2) is 28.6 Å². The Morgan fingerprint density at radius 2 is 2.33 bits per heavy atom. The Morgan fingerprint density at radius 1 is 1.52 bits per heavy atom. The highest BCUT2D eigenvalue weighted by atomic mass is 16.4. The molecule has 0 aromatic carbocycles. The maximum absolute atomic E-state index is 11.8. The first-order valence-electron chi connectivity index (χ1n) is 7.05. The van der Waals surface area contributed by atoms with Crippen LogP contribution in [0.5, 0.6) is 0 Å². The van der Waals surface area contributed by atoms with Crippen molar-refractivity contribution >= 4 is 5.91 Å². The van der Waals surface area contributed by atoms with Crippen molar-refractivity contribution in [2.24, 2.45) is 0 Å². The molecule has 6 heteroatoms. The van der Waals surface area contributed by atoms with Gasteiger partial charge in [0.25, 0.3) is 5.89 Å². The average molecular weight is 292 g/mol. The van der Waals surface area contributed by atoms with Gasteiger partial charge in [0.2, 0.25) is 5.91 Å². The summed E-state index contributed by atoms with van der Waals surface area (Å²) in [5, 5.41) is 12.3. The summed E-state index contributed by atoms with van der Waals surface area (Å²) < 4.78 is 10.7. The first-order valence-corrected chi connectivity index (χ1v) is 7.05. The number of rotatable bonds is 7. The van der Waals surface area contributed by atoms with Gasteiger partial charge in [-0.15, -0.1) is 0 Å². The molecular formula is C15H20N2O4. The highest BCUT2D eigenvalue weighted by Crippen LogP contribution is 2.22. The third-order valence-corrected chi connectivity index (χ3v) is 3.11. The maximum atomic E-state index is 11.8. The largest absolute Gasteiger partial charge is 0.459 e. The zero-order valence-electron chi connectivity index (χ0n) is 12.3. The molecule has 2 aromatic heterocycles. The van der Waals surface area contributed by atoms with E-state index >= 15 is 0 Å². The number of aliphatic hydroxyl groups is 1. The van der Waals surface area contributed by atoms with Crippen LogP contribution in [0.3, 0.4) is 0 Å². The molecule has 0 saturated carbocycles. The molecule has 2 rings (SSSR count). The summed E-state index contributed by atoms with van der Waals surface area (Å²) in [5.74, 6) is 1.30. The molecule has 0 fully saturated rings. The van der Waals surface area contributed by atoms with E-state index in [9.17, 15) is 9.90 Å². The predicted molar refractivity (Wildman–Crippen MR) is 76.6 cm³/mol. The first kappa shape index (κ1) is 15.3. The van der Waals surface area contributed by atoms with E-state index in [1.54, 1.807) is 19.1 Å². The van der Waals surface area contributed by atoms with Gasteiger partial charge in [0, 0.05) is 6.54 Å². The number of carbonyl (C=O) groups is 1. The van der Waals surface area contributed by atoms with Crippen LogP contribution in [0.15, 0.2) is 27.2 Å². The fourth-order valence-corrected chi connectivity index (χ4v) is 1.98. The van der Waals surface area contributed by atoms with Gasteiger partial charge in [-0.2, -0.15) is 0 Å². The van der Waals surface area contributed by atoms with Gasteiger partial charge in [-0.05, 0) is 25.5 Å². The monoisotopic (exact) mass is 292 g/mol. The second-order valence-electron chi connectivity index (χ2n) is 4.92. The summed E-state index contributed by atoms with van der Waals surface area (Å²) in [6.07, 6.45) is 2.71. The summed E-state index contributed by atoms with van der Waals surface area (Å²) in [5.41, 5.74) is 0.573. The Bertz CT molecular complexity index is 575. The first-order chi connectivity index (χ1) is 10.1. The third kappa shape index (κ3) is 4.19. The lowest BCUT2D eigenvalue weighted by atomic mass is 10.2. The van der Waals surface area contributed by atoms with E-state index in [2.05, 4.69) is 10.3 Å². The summed E-state index contributed by atoms with van der Waals surface area (Å²) in [4.78, 5) is 16.1. The highest BCUT2D eigenvalue weighted by Gasteiger charge is 2.16. The van der Waals surface area contributed by atoms with E-state index in [0.29, 0.717) is 29.5 Å². The molecule has 0 aliphatic heterocycles. The smallest absolute Gasteiger partial charge is 0.263 e. The zero-order chi connectivity index (χ0) is 15.2. The molecule has 0 radical (unpaired) electrons. The van der Waals surface area contributed by atoms with Gasteiger partial charge < -0.3 is 19.3 Å². The Balaban J connectivity index is 1.92. The van der Waals surface area contributed by atoms with Gasteiger partial charge in [0.15, 0.2) is 5.76 Å². The van der Waals surface area contributed by atoms with Crippen LogP contribution < -0.4 is 5.32 Å². The maximum Gasteiger partial charge on any atom is 0.263 e. The molecular weight excluding hydrogens is 272 g/mol. The fraction of sp³-hybridized carbons (Fsp3) is 0.467. The number of aryl methyl sites for hydroxylation is 1. The molecule has 0 saturated heterocycles. The van der Waals surface area contributed by atoms with Crippen LogP contribution in [0.4, 0.5) is 0 Å². The number of nitrogens with one attached hydrogen (secondary N) is 1. The number of oxazole rings is 1.